The van der Waals surface area contributed by atoms with Crippen LogP contribution in [0.5, 0.6) is 0 Å². The Kier molecular flexibility index (Phi) is 11.1. The lowest BCUT2D eigenvalue weighted by molar-refractivity contribution is -0.898. The van der Waals surface area contributed by atoms with E-state index in [0.29, 0.717) is 28.7 Å². The molecule has 0 radical (unpaired) electrons. The van der Waals surface area contributed by atoms with Gasteiger partial charge in [0.15, 0.2) is 5.69 Å². The van der Waals surface area contributed by atoms with E-state index in [1.165, 1.54) is 35.6 Å². The van der Waals surface area contributed by atoms with Gasteiger partial charge < -0.3 is 52.5 Å². The number of alkyl halides is 3. The van der Waals surface area contributed by atoms with Gasteiger partial charge in [0.1, 0.15) is 30.3 Å². The standard InChI is InChI=1S/C27H26F4N10O4.BrH/c1-41(2,13-21-26(40(44)45)36-15-39(21)8-7-22(32)42)9-3-4-24(43)38-23-11-17-20(12-33-23)34-14-35-25(17)37-16-5-6-19(28)18(10-16)27(29,30)31;/h3-6,10-12,14-15H,7-9,13H2,1-2H3,(H3-,32,33,34,35,37,38,42,43);1H/b4-3+;. The van der Waals surface area contributed by atoms with Crippen molar-refractivity contribution < 1.29 is 53.5 Å². The molecule has 19 heteroatoms. The maximum absolute atomic E-state index is 13.7. The van der Waals surface area contributed by atoms with Crippen molar-refractivity contribution in [3.63, 3.8) is 0 Å². The van der Waals surface area contributed by atoms with Crippen molar-refractivity contribution in [2.45, 2.75) is 25.7 Å². The number of nitrogens with two attached hydrogens (primary N) is 1. The zero-order chi connectivity index (χ0) is 32.9. The molecule has 244 valence electrons. The molecular formula is C27H27BrF4N10O4. The summed E-state index contributed by atoms with van der Waals surface area (Å²) >= 11 is 0. The predicted molar refractivity (Wildman–Crippen MR) is 153 cm³/mol. The number of carbonyl (C=O) groups excluding carboxylic acids is 2. The lowest BCUT2D eigenvalue weighted by atomic mass is 10.1. The lowest BCUT2D eigenvalue weighted by Gasteiger charge is -2.28. The number of aryl methyl sites for hydroxylation is 1. The Morgan fingerprint density at radius 3 is 2.57 bits per heavy atom. The van der Waals surface area contributed by atoms with E-state index in [1.54, 1.807) is 20.2 Å². The van der Waals surface area contributed by atoms with E-state index in [4.69, 9.17) is 5.73 Å². The van der Waals surface area contributed by atoms with E-state index in [2.05, 4.69) is 30.6 Å². The van der Waals surface area contributed by atoms with Crippen LogP contribution in [0.4, 0.5) is 40.7 Å². The van der Waals surface area contributed by atoms with Crippen molar-refractivity contribution >= 4 is 45.9 Å². The maximum atomic E-state index is 13.7. The molecule has 0 unspecified atom stereocenters. The quantitative estimate of drug-likeness (QED) is 0.0626. The first kappa shape index (κ1) is 35.4. The Hall–Kier alpha value is -5.04. The summed E-state index contributed by atoms with van der Waals surface area (Å²) in [6.45, 7) is 0.557. The molecule has 0 saturated carbocycles. The van der Waals surface area contributed by atoms with Gasteiger partial charge in [0.05, 0.1) is 37.9 Å². The molecule has 0 aliphatic rings. The van der Waals surface area contributed by atoms with Gasteiger partial charge in [-0.1, -0.05) is 0 Å². The summed E-state index contributed by atoms with van der Waals surface area (Å²) in [4.78, 5) is 50.8. The van der Waals surface area contributed by atoms with Crippen LogP contribution in [0, 0.1) is 15.9 Å². The third-order valence-electron chi connectivity index (χ3n) is 6.45. The highest BCUT2D eigenvalue weighted by molar-refractivity contribution is 6.00. The first-order chi connectivity index (χ1) is 21.1. The molecule has 0 aliphatic heterocycles. The number of halogens is 5. The van der Waals surface area contributed by atoms with Crippen LogP contribution in [0.15, 0.2) is 55.3 Å². The van der Waals surface area contributed by atoms with Crippen molar-refractivity contribution in [1.29, 1.82) is 0 Å². The van der Waals surface area contributed by atoms with Gasteiger partial charge in [-0.2, -0.15) is 13.2 Å². The van der Waals surface area contributed by atoms with Crippen molar-refractivity contribution in [2.24, 2.45) is 5.73 Å². The number of fused-ring (bicyclic) bond motifs is 1. The summed E-state index contributed by atoms with van der Waals surface area (Å²) in [6, 6.07) is 3.85. The number of anilines is 3. The monoisotopic (exact) mass is 710 g/mol. The number of nitrogens with one attached hydrogen (secondary N) is 2. The summed E-state index contributed by atoms with van der Waals surface area (Å²) in [5.74, 6) is -2.69. The number of pyridine rings is 1. The average Bonchev–Trinajstić information content (AvgIpc) is 3.34. The van der Waals surface area contributed by atoms with Crippen molar-refractivity contribution in [3.05, 3.63) is 82.5 Å². The second-order valence-corrected chi connectivity index (χ2v) is 10.5. The Morgan fingerprint density at radius 2 is 1.89 bits per heavy atom. The highest BCUT2D eigenvalue weighted by Gasteiger charge is 2.34. The van der Waals surface area contributed by atoms with Crippen molar-refractivity contribution in [2.75, 3.05) is 31.3 Å². The van der Waals surface area contributed by atoms with Gasteiger partial charge in [0.25, 0.3) is 0 Å². The van der Waals surface area contributed by atoms with Gasteiger partial charge in [-0.05, 0) is 40.2 Å². The number of hydrogen-bond donors (Lipinski definition) is 3. The highest BCUT2D eigenvalue weighted by atomic mass is 79.9. The molecule has 3 aromatic heterocycles. The van der Waals surface area contributed by atoms with Gasteiger partial charge in [0.2, 0.25) is 18.1 Å². The summed E-state index contributed by atoms with van der Waals surface area (Å²) in [6.07, 6.45) is 1.68. The van der Waals surface area contributed by atoms with Gasteiger partial charge in [-0.25, -0.2) is 19.3 Å². The number of amides is 2. The zero-order valence-electron chi connectivity index (χ0n) is 24.3. The number of benzene rings is 1. The van der Waals surface area contributed by atoms with Gasteiger partial charge in [-0.3, -0.25) is 9.59 Å². The summed E-state index contributed by atoms with van der Waals surface area (Å²) in [5.41, 5.74) is 4.31. The van der Waals surface area contributed by atoms with E-state index in [9.17, 15) is 37.3 Å². The molecule has 0 atom stereocenters. The van der Waals surface area contributed by atoms with Crippen molar-refractivity contribution in [1.82, 2.24) is 24.5 Å². The number of aromatic nitrogens is 5. The Balaban J connectivity index is 0.00000576. The number of carbonyl (C=O) groups is 2. The fourth-order valence-corrected chi connectivity index (χ4v) is 4.30. The average molecular weight is 711 g/mol. The van der Waals surface area contributed by atoms with Crippen LogP contribution in [0.25, 0.3) is 10.9 Å². The molecule has 4 aromatic rings. The number of likely N-dealkylation sites (N-methyl/N-ethyl adjacent to an activating group) is 1. The molecular weight excluding hydrogens is 684 g/mol. The molecule has 0 bridgehead atoms. The highest BCUT2D eigenvalue weighted by Crippen LogP contribution is 2.34. The summed E-state index contributed by atoms with van der Waals surface area (Å²) in [5, 5.41) is 17.1. The maximum Gasteiger partial charge on any atom is 0.419 e. The van der Waals surface area contributed by atoms with E-state index < -0.39 is 34.3 Å². The minimum atomic E-state index is -4.90. The van der Waals surface area contributed by atoms with Crippen LogP contribution < -0.4 is 33.3 Å². The minimum Gasteiger partial charge on any atom is -1.00 e. The molecule has 0 fully saturated rings. The summed E-state index contributed by atoms with van der Waals surface area (Å²) < 4.78 is 54.9. The third-order valence-corrected chi connectivity index (χ3v) is 6.45. The van der Waals surface area contributed by atoms with Crippen molar-refractivity contribution in [3.8, 4) is 0 Å². The smallest absolute Gasteiger partial charge is 0.419 e. The lowest BCUT2D eigenvalue weighted by Crippen LogP contribution is -3.00. The predicted octanol–water partition coefficient (Wildman–Crippen LogP) is 0.682. The van der Waals surface area contributed by atoms with Crippen LogP contribution in [0.1, 0.15) is 17.7 Å². The molecule has 2 amide bonds. The van der Waals surface area contributed by atoms with E-state index >= 15 is 0 Å². The number of hydrogen-bond acceptors (Lipinski definition) is 9. The Bertz CT molecular complexity index is 1800. The molecule has 46 heavy (non-hydrogen) atoms. The van der Waals surface area contributed by atoms with Crippen LogP contribution in [-0.4, -0.2) is 66.4 Å². The molecule has 3 heterocycles. The second kappa shape index (κ2) is 14.4. The number of imidazole rings is 1. The number of primary amides is 1. The van der Waals surface area contributed by atoms with Crippen LogP contribution in [0.2, 0.25) is 0 Å². The molecule has 0 aliphatic carbocycles. The molecule has 0 saturated heterocycles. The number of rotatable bonds is 12. The van der Waals surface area contributed by atoms with Crippen LogP contribution >= 0.6 is 0 Å². The third kappa shape index (κ3) is 9.00. The first-order valence-corrected chi connectivity index (χ1v) is 13.1. The van der Waals surface area contributed by atoms with Gasteiger partial charge in [0, 0.05) is 30.1 Å². The first-order valence-electron chi connectivity index (χ1n) is 13.1. The SMILES string of the molecule is C[N+](C)(C/C=C/C(=O)Nc1cc2c(Nc3ccc(F)c(C(F)(F)F)c3)ncnc2cn1)Cc1c([N+](=O)[O-])ncn1CCC(N)=O.[Br-]. The molecule has 4 rings (SSSR count). The normalized spacial score (nSPS) is 11.8. The second-order valence-electron chi connectivity index (χ2n) is 10.5. The fourth-order valence-electron chi connectivity index (χ4n) is 4.30. The Morgan fingerprint density at radius 1 is 1.15 bits per heavy atom. The van der Waals surface area contributed by atoms with Crippen LogP contribution in [-0.2, 0) is 28.9 Å². The topological polar surface area (TPSA) is 184 Å². The van der Waals surface area contributed by atoms with E-state index in [-0.39, 0.29) is 70.7 Å². The zero-order valence-corrected chi connectivity index (χ0v) is 25.8. The largest absolute Gasteiger partial charge is 1.00 e. The van der Waals surface area contributed by atoms with Gasteiger partial charge in [-0.15, -0.1) is 0 Å². The molecule has 4 N–H and O–H groups in total. The van der Waals surface area contributed by atoms with E-state index in [0.717, 1.165) is 6.07 Å². The molecule has 0 spiro atoms. The number of quaternary nitrogens is 1. The Labute approximate surface area is 268 Å². The van der Waals surface area contributed by atoms with Gasteiger partial charge >= 0.3 is 12.0 Å². The summed E-state index contributed by atoms with van der Waals surface area (Å²) in [7, 11) is 3.57. The number of nitrogens with zero attached hydrogens (tertiary/aromatic N) is 7. The van der Waals surface area contributed by atoms with E-state index in [1.807, 2.05) is 0 Å². The molecule has 1 aromatic carbocycles. The number of nitro groups is 1. The van der Waals surface area contributed by atoms with Crippen LogP contribution in [0.3, 0.4) is 0 Å². The minimum absolute atomic E-state index is 0. The fraction of sp³-hybridized carbons (Fsp3) is 0.259. The molecule has 14 nitrogen and oxygen atoms in total.